The summed E-state index contributed by atoms with van der Waals surface area (Å²) in [4.78, 5) is 17.1. The number of pyridine rings is 1. The second kappa shape index (κ2) is 5.93. The van der Waals surface area contributed by atoms with Crippen LogP contribution in [0.3, 0.4) is 0 Å². The fraction of sp³-hybridized carbons (Fsp3) is 0.143. The maximum atomic E-state index is 12.7. The molecule has 98 valence electrons. The van der Waals surface area contributed by atoms with E-state index in [0.29, 0.717) is 12.1 Å². The minimum Gasteiger partial charge on any atom is -0.337 e. The van der Waals surface area contributed by atoms with Crippen molar-refractivity contribution in [3.8, 4) is 0 Å². The molecule has 1 amide bonds. The molecule has 19 heavy (non-hydrogen) atoms. The summed E-state index contributed by atoms with van der Waals surface area (Å²) in [6.07, 6.45) is 1.25. The summed E-state index contributed by atoms with van der Waals surface area (Å²) in [7, 11) is 1.70. The molecule has 0 N–H and O–H groups in total. The number of hydrogen-bond acceptors (Lipinski definition) is 2. The van der Waals surface area contributed by atoms with Crippen molar-refractivity contribution in [2.75, 3.05) is 7.05 Å². The van der Waals surface area contributed by atoms with Crippen LogP contribution in [0.1, 0.15) is 15.9 Å². The Morgan fingerprint density at radius 1 is 1.37 bits per heavy atom. The largest absolute Gasteiger partial charge is 0.337 e. The van der Waals surface area contributed by atoms with Crippen molar-refractivity contribution >= 4 is 21.8 Å². The van der Waals surface area contributed by atoms with E-state index in [1.165, 1.54) is 18.3 Å². The van der Waals surface area contributed by atoms with E-state index in [1.807, 2.05) is 24.3 Å². The number of amides is 1. The van der Waals surface area contributed by atoms with Gasteiger partial charge < -0.3 is 4.90 Å². The lowest BCUT2D eigenvalue weighted by Gasteiger charge is -2.17. The third-order valence-electron chi connectivity index (χ3n) is 2.63. The minimum absolute atomic E-state index is 0.188. The van der Waals surface area contributed by atoms with Gasteiger partial charge in [-0.1, -0.05) is 28.1 Å². The van der Waals surface area contributed by atoms with Gasteiger partial charge in [-0.25, -0.2) is 4.98 Å². The molecule has 0 aliphatic heterocycles. The quantitative estimate of drug-likeness (QED) is 0.813. The highest BCUT2D eigenvalue weighted by Crippen LogP contribution is 2.14. The van der Waals surface area contributed by atoms with Crippen molar-refractivity contribution in [2.24, 2.45) is 0 Å². The Hall–Kier alpha value is -1.75. The van der Waals surface area contributed by atoms with Gasteiger partial charge in [-0.3, -0.25) is 4.79 Å². The SMILES string of the molecule is CN(Cc1cccc(Br)c1)C(=O)c1ccc(F)nc1. The van der Waals surface area contributed by atoms with Gasteiger partial charge in [0.2, 0.25) is 5.95 Å². The normalized spacial score (nSPS) is 10.3. The Morgan fingerprint density at radius 2 is 2.16 bits per heavy atom. The van der Waals surface area contributed by atoms with Gasteiger partial charge in [0.15, 0.2) is 0 Å². The number of aromatic nitrogens is 1. The molecule has 5 heteroatoms. The van der Waals surface area contributed by atoms with Gasteiger partial charge in [-0.2, -0.15) is 4.39 Å². The smallest absolute Gasteiger partial charge is 0.255 e. The Kier molecular flexibility index (Phi) is 4.27. The van der Waals surface area contributed by atoms with E-state index >= 15 is 0 Å². The zero-order valence-electron chi connectivity index (χ0n) is 10.3. The standard InChI is InChI=1S/C14H12BrFN2O/c1-18(9-10-3-2-4-12(15)7-10)14(19)11-5-6-13(16)17-8-11/h2-8H,9H2,1H3. The first-order valence-electron chi connectivity index (χ1n) is 5.68. The first-order valence-corrected chi connectivity index (χ1v) is 6.47. The average molecular weight is 323 g/mol. The molecule has 2 rings (SSSR count). The summed E-state index contributed by atoms with van der Waals surface area (Å²) in [5.41, 5.74) is 1.39. The first-order chi connectivity index (χ1) is 9.06. The van der Waals surface area contributed by atoms with E-state index in [9.17, 15) is 9.18 Å². The van der Waals surface area contributed by atoms with Crippen LogP contribution in [0.4, 0.5) is 4.39 Å². The average Bonchev–Trinajstić information content (AvgIpc) is 2.39. The van der Waals surface area contributed by atoms with Gasteiger partial charge in [0.05, 0.1) is 5.56 Å². The second-order valence-corrected chi connectivity index (χ2v) is 5.08. The third kappa shape index (κ3) is 3.61. The highest BCUT2D eigenvalue weighted by Gasteiger charge is 2.12. The van der Waals surface area contributed by atoms with E-state index in [2.05, 4.69) is 20.9 Å². The van der Waals surface area contributed by atoms with E-state index < -0.39 is 5.95 Å². The molecule has 3 nitrogen and oxygen atoms in total. The van der Waals surface area contributed by atoms with Crippen LogP contribution in [0.2, 0.25) is 0 Å². The lowest BCUT2D eigenvalue weighted by atomic mass is 10.2. The van der Waals surface area contributed by atoms with Gasteiger partial charge >= 0.3 is 0 Å². The molecular formula is C14H12BrFN2O. The molecule has 1 heterocycles. The summed E-state index contributed by atoms with van der Waals surface area (Å²) in [5, 5.41) is 0. The molecule has 0 aliphatic carbocycles. The van der Waals surface area contributed by atoms with Gasteiger partial charge in [0.25, 0.3) is 5.91 Å². The molecule has 2 aromatic rings. The molecule has 0 saturated carbocycles. The summed E-state index contributed by atoms with van der Waals surface area (Å²) < 4.78 is 13.7. The molecule has 0 bridgehead atoms. The Balaban J connectivity index is 2.09. The van der Waals surface area contributed by atoms with E-state index in [0.717, 1.165) is 10.0 Å². The number of halogens is 2. The molecule has 0 radical (unpaired) electrons. The monoisotopic (exact) mass is 322 g/mol. The van der Waals surface area contributed by atoms with Crippen molar-refractivity contribution < 1.29 is 9.18 Å². The Bertz CT molecular complexity index is 586. The Morgan fingerprint density at radius 3 is 2.79 bits per heavy atom. The predicted octanol–water partition coefficient (Wildman–Crippen LogP) is 3.26. The van der Waals surface area contributed by atoms with Crippen LogP contribution >= 0.6 is 15.9 Å². The molecule has 1 aromatic carbocycles. The fourth-order valence-electron chi connectivity index (χ4n) is 1.70. The molecule has 1 aromatic heterocycles. The topological polar surface area (TPSA) is 33.2 Å². The zero-order chi connectivity index (χ0) is 13.8. The number of benzene rings is 1. The molecule has 0 unspecified atom stereocenters. The molecule has 0 fully saturated rings. The lowest BCUT2D eigenvalue weighted by Crippen LogP contribution is -2.26. The van der Waals surface area contributed by atoms with Crippen LogP contribution in [0.25, 0.3) is 0 Å². The summed E-state index contributed by atoms with van der Waals surface area (Å²) in [6, 6.07) is 10.3. The van der Waals surface area contributed by atoms with E-state index in [4.69, 9.17) is 0 Å². The van der Waals surface area contributed by atoms with Crippen LogP contribution in [-0.4, -0.2) is 22.8 Å². The highest BCUT2D eigenvalue weighted by atomic mass is 79.9. The van der Waals surface area contributed by atoms with Crippen molar-refractivity contribution in [1.29, 1.82) is 0 Å². The van der Waals surface area contributed by atoms with Crippen LogP contribution in [0.5, 0.6) is 0 Å². The van der Waals surface area contributed by atoms with Crippen molar-refractivity contribution in [1.82, 2.24) is 9.88 Å². The van der Waals surface area contributed by atoms with Crippen LogP contribution in [0.15, 0.2) is 47.1 Å². The minimum atomic E-state index is -0.591. The fourth-order valence-corrected chi connectivity index (χ4v) is 2.15. The second-order valence-electron chi connectivity index (χ2n) is 4.16. The lowest BCUT2D eigenvalue weighted by molar-refractivity contribution is 0.0784. The highest BCUT2D eigenvalue weighted by molar-refractivity contribution is 9.10. The summed E-state index contributed by atoms with van der Waals surface area (Å²) in [5.74, 6) is -0.779. The van der Waals surface area contributed by atoms with E-state index in [1.54, 1.807) is 11.9 Å². The van der Waals surface area contributed by atoms with Crippen molar-refractivity contribution in [3.05, 3.63) is 64.1 Å². The van der Waals surface area contributed by atoms with Crippen molar-refractivity contribution in [2.45, 2.75) is 6.54 Å². The van der Waals surface area contributed by atoms with Crippen LogP contribution in [-0.2, 0) is 6.54 Å². The summed E-state index contributed by atoms with van der Waals surface area (Å²) >= 11 is 3.39. The third-order valence-corrected chi connectivity index (χ3v) is 3.12. The van der Waals surface area contributed by atoms with Crippen LogP contribution < -0.4 is 0 Å². The molecular weight excluding hydrogens is 311 g/mol. The summed E-state index contributed by atoms with van der Waals surface area (Å²) in [6.45, 7) is 0.482. The Labute approximate surface area is 119 Å². The van der Waals surface area contributed by atoms with Gasteiger partial charge in [-0.05, 0) is 29.8 Å². The molecule has 0 saturated heterocycles. The van der Waals surface area contributed by atoms with E-state index in [-0.39, 0.29) is 5.91 Å². The molecule has 0 aliphatic rings. The predicted molar refractivity (Wildman–Crippen MR) is 74.1 cm³/mol. The van der Waals surface area contributed by atoms with Crippen molar-refractivity contribution in [3.63, 3.8) is 0 Å². The van der Waals surface area contributed by atoms with Gasteiger partial charge in [-0.15, -0.1) is 0 Å². The van der Waals surface area contributed by atoms with Crippen LogP contribution in [0, 0.1) is 5.95 Å². The van der Waals surface area contributed by atoms with Gasteiger partial charge in [0.1, 0.15) is 0 Å². The number of nitrogens with zero attached hydrogens (tertiary/aromatic N) is 2. The van der Waals surface area contributed by atoms with Gasteiger partial charge in [0, 0.05) is 24.3 Å². The number of carbonyl (C=O) groups is 1. The maximum absolute atomic E-state index is 12.7. The number of hydrogen-bond donors (Lipinski definition) is 0. The molecule has 0 spiro atoms. The number of rotatable bonds is 3. The maximum Gasteiger partial charge on any atom is 0.255 e. The number of carbonyl (C=O) groups excluding carboxylic acids is 1. The molecule has 0 atom stereocenters. The first kappa shape index (κ1) is 13.7. The zero-order valence-corrected chi connectivity index (χ0v) is 11.9.